The highest BCUT2D eigenvalue weighted by atomic mass is 32.2. The summed E-state index contributed by atoms with van der Waals surface area (Å²) in [4.78, 5) is 20.2. The van der Waals surface area contributed by atoms with E-state index in [2.05, 4.69) is 16.8 Å². The molecular weight excluding hydrogens is 568 g/mol. The Morgan fingerprint density at radius 3 is 2.23 bits per heavy atom. The van der Waals surface area contributed by atoms with E-state index in [1.54, 1.807) is 4.31 Å². The van der Waals surface area contributed by atoms with Crippen molar-refractivity contribution in [2.75, 3.05) is 72.7 Å². The van der Waals surface area contributed by atoms with E-state index in [0.717, 1.165) is 48.6 Å². The molecule has 0 aliphatic carbocycles. The number of fused-ring (bicyclic) bond motifs is 1. The molecule has 3 saturated heterocycles. The molecule has 0 radical (unpaired) electrons. The van der Waals surface area contributed by atoms with E-state index in [1.165, 1.54) is 12.8 Å². The summed E-state index contributed by atoms with van der Waals surface area (Å²) in [6, 6.07) is 0.0705. The Bertz CT molecular complexity index is 1310. The van der Waals surface area contributed by atoms with Crippen molar-refractivity contribution in [3.63, 3.8) is 0 Å². The molecule has 0 bridgehead atoms. The van der Waals surface area contributed by atoms with Crippen LogP contribution in [-0.4, -0.2) is 129 Å². The lowest BCUT2D eigenvalue weighted by Gasteiger charge is -2.43. The largest absolute Gasteiger partial charge is 0.487 e. The highest BCUT2D eigenvalue weighted by Crippen LogP contribution is 2.45. The Morgan fingerprint density at radius 1 is 0.930 bits per heavy atom. The van der Waals surface area contributed by atoms with Gasteiger partial charge in [0.2, 0.25) is 15.9 Å². The van der Waals surface area contributed by atoms with Crippen molar-refractivity contribution in [1.29, 1.82) is 0 Å². The molecule has 0 spiro atoms. The summed E-state index contributed by atoms with van der Waals surface area (Å²) in [6.45, 7) is 19.4. The van der Waals surface area contributed by atoms with Crippen molar-refractivity contribution < 1.29 is 27.4 Å². The van der Waals surface area contributed by atoms with E-state index in [1.807, 2.05) is 53.4 Å². The zero-order valence-corrected chi connectivity index (χ0v) is 28.3. The minimum atomic E-state index is -3.90. The fourth-order valence-electron chi connectivity index (χ4n) is 7.19. The van der Waals surface area contributed by atoms with E-state index in [0.29, 0.717) is 36.0 Å². The van der Waals surface area contributed by atoms with Crippen LogP contribution in [0.15, 0.2) is 4.90 Å². The zero-order chi connectivity index (χ0) is 31.3. The Labute approximate surface area is 258 Å². The third-order valence-electron chi connectivity index (χ3n) is 9.88. The number of rotatable bonds is 7. The summed E-state index contributed by atoms with van der Waals surface area (Å²) in [7, 11) is -1.73. The molecule has 1 amide bonds. The lowest BCUT2D eigenvalue weighted by atomic mass is 9.94. The van der Waals surface area contributed by atoms with Gasteiger partial charge in [-0.05, 0) is 98.1 Å². The lowest BCUT2D eigenvalue weighted by molar-refractivity contribution is -0.141. The van der Waals surface area contributed by atoms with Gasteiger partial charge in [-0.2, -0.15) is 4.31 Å². The van der Waals surface area contributed by atoms with E-state index in [-0.39, 0.29) is 37.9 Å². The van der Waals surface area contributed by atoms with Gasteiger partial charge in [0.15, 0.2) is 0 Å². The van der Waals surface area contributed by atoms with E-state index in [4.69, 9.17) is 14.2 Å². The van der Waals surface area contributed by atoms with Gasteiger partial charge in [0, 0.05) is 50.7 Å². The molecule has 242 valence electrons. The van der Waals surface area contributed by atoms with Crippen LogP contribution in [0.2, 0.25) is 0 Å². The first-order valence-corrected chi connectivity index (χ1v) is 17.3. The van der Waals surface area contributed by atoms with Crippen LogP contribution >= 0.6 is 0 Å². The molecule has 4 aliphatic heterocycles. The van der Waals surface area contributed by atoms with Gasteiger partial charge in [0.1, 0.15) is 18.0 Å². The maximum absolute atomic E-state index is 14.5. The van der Waals surface area contributed by atoms with E-state index in [9.17, 15) is 13.2 Å². The number of carbonyl (C=O) groups is 1. The normalized spacial score (nSPS) is 25.5. The predicted molar refractivity (Wildman–Crippen MR) is 166 cm³/mol. The second kappa shape index (κ2) is 12.2. The van der Waals surface area contributed by atoms with E-state index < -0.39 is 21.7 Å². The summed E-state index contributed by atoms with van der Waals surface area (Å²) >= 11 is 0. The molecule has 0 aromatic heterocycles. The molecule has 1 aromatic carbocycles. The van der Waals surface area contributed by atoms with Crippen LogP contribution < -0.4 is 4.74 Å². The maximum Gasteiger partial charge on any atom is 0.248 e. The van der Waals surface area contributed by atoms with Crippen molar-refractivity contribution in [1.82, 2.24) is 19.0 Å². The Kier molecular flexibility index (Phi) is 9.26. The number of ether oxygens (including phenoxy) is 3. The number of piperidine rings is 1. The molecule has 10 nitrogen and oxygen atoms in total. The van der Waals surface area contributed by atoms with Crippen molar-refractivity contribution in [3.8, 4) is 5.75 Å². The standard InChI is InChI=1S/C32H52N4O6S/c1-22-23(2)30(24(3)27-17-31(4,5)42-29(22)27)43(38,39)36-21-32(6,7)41-19-26(36)18-40-20-28(37)35-15-13-34(14-16-35)25-9-11-33(8)12-10-25/h25-26H,9-21H2,1-8H3/t26-/m1/s1. The third-order valence-corrected chi connectivity index (χ3v) is 12.0. The van der Waals surface area contributed by atoms with Crippen LogP contribution in [0.1, 0.15) is 62.8 Å². The van der Waals surface area contributed by atoms with Crippen molar-refractivity contribution in [2.45, 2.75) is 95.9 Å². The maximum atomic E-state index is 14.5. The number of piperazine rings is 1. The van der Waals surface area contributed by atoms with Gasteiger partial charge in [-0.3, -0.25) is 9.69 Å². The molecule has 1 aromatic rings. The van der Waals surface area contributed by atoms with Gasteiger partial charge in [-0.25, -0.2) is 8.42 Å². The first-order chi connectivity index (χ1) is 20.1. The first kappa shape index (κ1) is 32.6. The minimum absolute atomic E-state index is 0.0435. The summed E-state index contributed by atoms with van der Waals surface area (Å²) < 4.78 is 48.7. The number of benzene rings is 1. The second-order valence-electron chi connectivity index (χ2n) is 14.3. The van der Waals surface area contributed by atoms with Crippen LogP contribution in [0.4, 0.5) is 0 Å². The molecule has 11 heteroatoms. The van der Waals surface area contributed by atoms with Crippen molar-refractivity contribution >= 4 is 15.9 Å². The summed E-state index contributed by atoms with van der Waals surface area (Å²) in [5.41, 5.74) is 2.27. The van der Waals surface area contributed by atoms with Crippen LogP contribution in [-0.2, 0) is 30.7 Å². The first-order valence-electron chi connectivity index (χ1n) is 15.9. The monoisotopic (exact) mass is 620 g/mol. The van der Waals surface area contributed by atoms with Gasteiger partial charge in [-0.1, -0.05) is 0 Å². The average molecular weight is 621 g/mol. The quantitative estimate of drug-likeness (QED) is 0.460. The molecule has 1 atom stereocenters. The number of carbonyl (C=O) groups excluding carboxylic acids is 1. The zero-order valence-electron chi connectivity index (χ0n) is 27.5. The van der Waals surface area contributed by atoms with Gasteiger partial charge < -0.3 is 24.0 Å². The van der Waals surface area contributed by atoms with E-state index >= 15 is 0 Å². The Balaban J connectivity index is 1.24. The number of sulfonamides is 1. The number of morpholine rings is 1. The number of nitrogens with zero attached hydrogens (tertiary/aromatic N) is 4. The van der Waals surface area contributed by atoms with Crippen LogP contribution in [0.5, 0.6) is 5.75 Å². The van der Waals surface area contributed by atoms with Gasteiger partial charge in [0.25, 0.3) is 0 Å². The Morgan fingerprint density at radius 2 is 1.58 bits per heavy atom. The fraction of sp³-hybridized carbons (Fsp3) is 0.781. The molecule has 5 rings (SSSR count). The van der Waals surface area contributed by atoms with Gasteiger partial charge in [0.05, 0.1) is 29.8 Å². The molecule has 3 fully saturated rings. The summed E-state index contributed by atoms with van der Waals surface area (Å²) in [5, 5.41) is 0. The molecular formula is C32H52N4O6S. The van der Waals surface area contributed by atoms with Crippen LogP contribution in [0.3, 0.4) is 0 Å². The molecule has 0 N–H and O–H groups in total. The van der Waals surface area contributed by atoms with Gasteiger partial charge >= 0.3 is 0 Å². The third kappa shape index (κ3) is 6.77. The molecule has 4 aliphatic rings. The predicted octanol–water partition coefficient (Wildman–Crippen LogP) is 2.75. The second-order valence-corrected chi connectivity index (χ2v) is 16.1. The minimum Gasteiger partial charge on any atom is -0.487 e. The average Bonchev–Trinajstić information content (AvgIpc) is 3.28. The Hall–Kier alpha value is -1.76. The highest BCUT2D eigenvalue weighted by molar-refractivity contribution is 7.89. The number of likely N-dealkylation sites (tertiary alicyclic amines) is 1. The van der Waals surface area contributed by atoms with Crippen LogP contribution in [0, 0.1) is 20.8 Å². The highest BCUT2D eigenvalue weighted by Gasteiger charge is 2.44. The lowest BCUT2D eigenvalue weighted by Crippen LogP contribution is -2.58. The van der Waals surface area contributed by atoms with Crippen molar-refractivity contribution in [2.24, 2.45) is 0 Å². The summed E-state index contributed by atoms with van der Waals surface area (Å²) in [5.74, 6) is 0.768. The fourth-order valence-corrected chi connectivity index (χ4v) is 9.47. The molecule has 0 unspecified atom stereocenters. The smallest absolute Gasteiger partial charge is 0.248 e. The summed E-state index contributed by atoms with van der Waals surface area (Å²) in [6.07, 6.45) is 3.03. The van der Waals surface area contributed by atoms with Crippen LogP contribution in [0.25, 0.3) is 0 Å². The topological polar surface area (TPSA) is 91.9 Å². The van der Waals surface area contributed by atoms with Gasteiger partial charge in [-0.15, -0.1) is 0 Å². The molecule has 4 heterocycles. The number of amides is 1. The van der Waals surface area contributed by atoms with Crippen molar-refractivity contribution in [3.05, 3.63) is 22.3 Å². The number of hydrogen-bond donors (Lipinski definition) is 0. The molecule has 0 saturated carbocycles. The number of hydrogen-bond acceptors (Lipinski definition) is 8. The SMILES string of the molecule is Cc1c(C)c(S(=O)(=O)N2CC(C)(C)OC[C@H]2COCC(=O)N2CCN(C3CCN(C)CC3)CC2)c(C)c2c1OC(C)(C)C2. The molecule has 43 heavy (non-hydrogen) atoms.